The molecule has 6 heteroatoms. The van der Waals surface area contributed by atoms with Crippen molar-refractivity contribution in [3.63, 3.8) is 0 Å². The summed E-state index contributed by atoms with van der Waals surface area (Å²) in [7, 11) is 1.60. The first-order valence-corrected chi connectivity index (χ1v) is 9.60. The Balaban J connectivity index is 1.60. The molecule has 5 nitrogen and oxygen atoms in total. The fourth-order valence-electron chi connectivity index (χ4n) is 3.20. The van der Waals surface area contributed by atoms with Crippen LogP contribution in [0.1, 0.15) is 15.9 Å². The van der Waals surface area contributed by atoms with Crippen molar-refractivity contribution < 1.29 is 13.9 Å². The van der Waals surface area contributed by atoms with Crippen molar-refractivity contribution in [2.75, 3.05) is 7.11 Å². The lowest BCUT2D eigenvalue weighted by Crippen LogP contribution is -2.36. The summed E-state index contributed by atoms with van der Waals surface area (Å²) >= 11 is 0. The fourth-order valence-corrected chi connectivity index (χ4v) is 3.20. The zero-order valence-electron chi connectivity index (χ0n) is 16.9. The van der Waals surface area contributed by atoms with Crippen molar-refractivity contribution in [1.29, 1.82) is 0 Å². The molecule has 0 saturated carbocycles. The monoisotopic (exact) mass is 413 g/mol. The van der Waals surface area contributed by atoms with E-state index in [-0.39, 0.29) is 11.7 Å². The number of benzene rings is 3. The number of carbonyl (C=O) groups excluding carboxylic acids is 1. The van der Waals surface area contributed by atoms with Crippen LogP contribution in [0.5, 0.6) is 5.75 Å². The molecule has 0 saturated heterocycles. The Morgan fingerprint density at radius 1 is 0.968 bits per heavy atom. The van der Waals surface area contributed by atoms with Gasteiger partial charge in [-0.15, -0.1) is 0 Å². The molecule has 2 N–H and O–H groups in total. The van der Waals surface area contributed by atoms with E-state index in [0.717, 1.165) is 16.9 Å². The van der Waals surface area contributed by atoms with Crippen molar-refractivity contribution in [2.45, 2.75) is 0 Å². The van der Waals surface area contributed by atoms with Gasteiger partial charge in [-0.3, -0.25) is 15.6 Å². The Hall–Kier alpha value is -4.19. The molecule has 4 rings (SSSR count). The minimum absolute atomic E-state index is 0.330. The third kappa shape index (κ3) is 4.38. The normalized spacial score (nSPS) is 10.5. The van der Waals surface area contributed by atoms with Crippen molar-refractivity contribution in [1.82, 2.24) is 15.8 Å². The molecule has 154 valence electrons. The van der Waals surface area contributed by atoms with Crippen LogP contribution < -0.4 is 15.6 Å². The molecular formula is C25H20FN3O2. The lowest BCUT2D eigenvalue weighted by atomic mass is 10.0. The predicted octanol–water partition coefficient (Wildman–Crippen LogP) is 4.95. The first-order chi connectivity index (χ1) is 15.0. The second kappa shape index (κ2) is 8.67. The van der Waals surface area contributed by atoms with Gasteiger partial charge in [0.05, 0.1) is 29.6 Å². The summed E-state index contributed by atoms with van der Waals surface area (Å²) in [5, 5.41) is 0.711. The number of fused-ring (bicyclic) bond motifs is 1. The SMILES string of the molecule is C=C(NNC(=O)c1cc(-c2ccc(F)cc2)nc2ccccc12)c1ccc(OC)cc1. The van der Waals surface area contributed by atoms with Gasteiger partial charge in [0.2, 0.25) is 0 Å². The van der Waals surface area contributed by atoms with Crippen molar-refractivity contribution in [2.24, 2.45) is 0 Å². The van der Waals surface area contributed by atoms with E-state index in [1.807, 2.05) is 48.5 Å². The molecule has 31 heavy (non-hydrogen) atoms. The van der Waals surface area contributed by atoms with Crippen molar-refractivity contribution in [3.05, 3.63) is 102 Å². The number of nitrogens with one attached hydrogen (secondary N) is 2. The molecule has 0 bridgehead atoms. The second-order valence-corrected chi connectivity index (χ2v) is 6.87. The predicted molar refractivity (Wildman–Crippen MR) is 120 cm³/mol. The van der Waals surface area contributed by atoms with Crippen LogP contribution >= 0.6 is 0 Å². The number of nitrogens with zero attached hydrogens (tertiary/aromatic N) is 1. The van der Waals surface area contributed by atoms with Gasteiger partial charge in [0, 0.05) is 10.9 Å². The lowest BCUT2D eigenvalue weighted by Gasteiger charge is -2.14. The van der Waals surface area contributed by atoms with Gasteiger partial charge in [-0.25, -0.2) is 9.37 Å². The summed E-state index contributed by atoms with van der Waals surface area (Å²) in [6, 6.07) is 22.4. The molecule has 4 aromatic rings. The zero-order valence-corrected chi connectivity index (χ0v) is 16.9. The van der Waals surface area contributed by atoms with Crippen molar-refractivity contribution in [3.8, 4) is 17.0 Å². The third-order valence-corrected chi connectivity index (χ3v) is 4.87. The van der Waals surface area contributed by atoms with Crippen LogP contribution in [0.3, 0.4) is 0 Å². The van der Waals surface area contributed by atoms with Gasteiger partial charge >= 0.3 is 0 Å². The van der Waals surface area contributed by atoms with E-state index in [9.17, 15) is 9.18 Å². The lowest BCUT2D eigenvalue weighted by molar-refractivity contribution is 0.0944. The summed E-state index contributed by atoms with van der Waals surface area (Å²) in [6.45, 7) is 3.97. The van der Waals surface area contributed by atoms with Gasteiger partial charge in [0.15, 0.2) is 0 Å². The van der Waals surface area contributed by atoms with Gasteiger partial charge in [-0.1, -0.05) is 24.8 Å². The van der Waals surface area contributed by atoms with Crippen LogP contribution in [0, 0.1) is 5.82 Å². The molecule has 0 aliphatic rings. The van der Waals surface area contributed by atoms with E-state index in [2.05, 4.69) is 22.4 Å². The summed E-state index contributed by atoms with van der Waals surface area (Å²) in [4.78, 5) is 17.6. The molecule has 0 aliphatic carbocycles. The number of hydrogen-bond acceptors (Lipinski definition) is 4. The molecule has 0 aliphatic heterocycles. The Kier molecular flexibility index (Phi) is 5.62. The van der Waals surface area contributed by atoms with Crippen LogP contribution in [0.25, 0.3) is 27.9 Å². The largest absolute Gasteiger partial charge is 0.497 e. The van der Waals surface area contributed by atoms with E-state index in [0.29, 0.717) is 27.9 Å². The molecule has 0 radical (unpaired) electrons. The third-order valence-electron chi connectivity index (χ3n) is 4.87. The Morgan fingerprint density at radius 3 is 2.39 bits per heavy atom. The maximum absolute atomic E-state index is 13.3. The van der Waals surface area contributed by atoms with Gasteiger partial charge in [0.1, 0.15) is 11.6 Å². The topological polar surface area (TPSA) is 63.2 Å². The first kappa shape index (κ1) is 20.1. The number of ether oxygens (including phenoxy) is 1. The number of rotatable bonds is 6. The number of halogens is 1. The van der Waals surface area contributed by atoms with E-state index < -0.39 is 0 Å². The Morgan fingerprint density at radius 2 is 1.68 bits per heavy atom. The van der Waals surface area contributed by atoms with E-state index in [1.165, 1.54) is 12.1 Å². The van der Waals surface area contributed by atoms with Crippen LogP contribution in [-0.4, -0.2) is 18.0 Å². The molecule has 0 spiro atoms. The highest BCUT2D eigenvalue weighted by atomic mass is 19.1. The summed E-state index contributed by atoms with van der Waals surface area (Å²) in [5.41, 5.74) is 9.32. The first-order valence-electron chi connectivity index (χ1n) is 9.60. The number of hydrogen-bond donors (Lipinski definition) is 2. The van der Waals surface area contributed by atoms with E-state index in [4.69, 9.17) is 4.74 Å². The molecule has 1 aromatic heterocycles. The van der Waals surface area contributed by atoms with Gasteiger partial charge < -0.3 is 4.74 Å². The smallest absolute Gasteiger partial charge is 0.270 e. The average Bonchev–Trinajstić information content (AvgIpc) is 2.82. The Bertz CT molecular complexity index is 1250. The fraction of sp³-hybridized carbons (Fsp3) is 0.0400. The van der Waals surface area contributed by atoms with Crippen LogP contribution in [0.2, 0.25) is 0 Å². The number of pyridine rings is 1. The molecule has 0 atom stereocenters. The highest BCUT2D eigenvalue weighted by molar-refractivity contribution is 6.07. The van der Waals surface area contributed by atoms with Gasteiger partial charge in [0.25, 0.3) is 5.91 Å². The number of aromatic nitrogens is 1. The van der Waals surface area contributed by atoms with Crippen molar-refractivity contribution >= 4 is 22.5 Å². The van der Waals surface area contributed by atoms with E-state index >= 15 is 0 Å². The molecule has 1 amide bonds. The number of hydrazine groups is 1. The van der Waals surface area contributed by atoms with E-state index in [1.54, 1.807) is 25.3 Å². The summed E-state index contributed by atoms with van der Waals surface area (Å²) < 4.78 is 18.5. The Labute approximate surface area is 179 Å². The zero-order chi connectivity index (χ0) is 21.8. The summed E-state index contributed by atoms with van der Waals surface area (Å²) in [6.07, 6.45) is 0. The number of para-hydroxylation sites is 1. The maximum Gasteiger partial charge on any atom is 0.270 e. The minimum Gasteiger partial charge on any atom is -0.497 e. The van der Waals surface area contributed by atoms with Crippen LogP contribution in [0.4, 0.5) is 4.39 Å². The molecule has 0 unspecified atom stereocenters. The molecule has 0 fully saturated rings. The van der Waals surface area contributed by atoms with Gasteiger partial charge in [-0.05, 0) is 66.2 Å². The highest BCUT2D eigenvalue weighted by Gasteiger charge is 2.14. The number of amides is 1. The number of methoxy groups -OCH3 is 1. The van der Waals surface area contributed by atoms with Gasteiger partial charge in [-0.2, -0.15) is 0 Å². The van der Waals surface area contributed by atoms with Crippen LogP contribution in [0.15, 0.2) is 85.4 Å². The quantitative estimate of drug-likeness (QED) is 0.439. The van der Waals surface area contributed by atoms with Crippen LogP contribution in [-0.2, 0) is 0 Å². The molecular weight excluding hydrogens is 393 g/mol. The summed E-state index contributed by atoms with van der Waals surface area (Å²) in [5.74, 6) is 0.0672. The maximum atomic E-state index is 13.3. The second-order valence-electron chi connectivity index (χ2n) is 6.87. The standard InChI is InChI=1S/C25H20FN3O2/c1-16(17-9-13-20(31-2)14-10-17)28-29-25(30)22-15-24(18-7-11-19(26)12-8-18)27-23-6-4-3-5-21(22)23/h3-15,28H,1H2,2H3,(H,29,30). The highest BCUT2D eigenvalue weighted by Crippen LogP contribution is 2.25. The minimum atomic E-state index is -0.336. The molecule has 1 heterocycles. The molecule has 3 aromatic carbocycles. The average molecular weight is 413 g/mol. The number of carbonyl (C=O) groups is 1.